The van der Waals surface area contributed by atoms with Gasteiger partial charge in [-0.15, -0.1) is 0 Å². The van der Waals surface area contributed by atoms with Crippen LogP contribution in [0.4, 0.5) is 23.8 Å². The molecule has 0 aliphatic heterocycles. The molecule has 7 nitrogen and oxygen atoms in total. The number of hydrogen-bond acceptors (Lipinski definition) is 5. The average Bonchev–Trinajstić information content (AvgIpc) is 2.54. The number of pyridine rings is 2. The largest absolute Gasteiger partial charge is 0.404 e. The lowest BCUT2D eigenvalue weighted by Crippen LogP contribution is -2.32. The molecule has 0 unspecified atom stereocenters. The molecule has 0 radical (unpaired) electrons. The standard InChI is InChI=1S/C15H15F3N6O/c16-15(17,18)3-4-21-14(25)24-13-2-1-11-12(23-13)5-9(8-22-11)10(6-19)7-20/h1-2,5-8,19H,3-4,20H2,(H2,21,23,24,25). The molecule has 0 aromatic carbocycles. The first-order chi connectivity index (χ1) is 11.8. The summed E-state index contributed by atoms with van der Waals surface area (Å²) in [6, 6.07) is 3.93. The van der Waals surface area contributed by atoms with Crippen molar-refractivity contribution in [1.82, 2.24) is 15.3 Å². The molecule has 5 N–H and O–H groups in total. The van der Waals surface area contributed by atoms with Gasteiger partial charge in [0.25, 0.3) is 0 Å². The fourth-order valence-corrected chi connectivity index (χ4v) is 1.94. The summed E-state index contributed by atoms with van der Waals surface area (Å²) in [5.74, 6) is 0.157. The van der Waals surface area contributed by atoms with E-state index in [1.807, 2.05) is 0 Å². The fraction of sp³-hybridized carbons (Fsp3) is 0.200. The van der Waals surface area contributed by atoms with Crippen LogP contribution in [0.1, 0.15) is 12.0 Å². The van der Waals surface area contributed by atoms with Crippen LogP contribution in [0.15, 0.2) is 30.6 Å². The van der Waals surface area contributed by atoms with Crippen LogP contribution >= 0.6 is 0 Å². The van der Waals surface area contributed by atoms with Crippen molar-refractivity contribution in [2.75, 3.05) is 11.9 Å². The van der Waals surface area contributed by atoms with Gasteiger partial charge in [0.2, 0.25) is 0 Å². The number of carbonyl (C=O) groups is 1. The normalized spacial score (nSPS) is 12.0. The minimum absolute atomic E-state index is 0.157. The van der Waals surface area contributed by atoms with Gasteiger partial charge in [0, 0.05) is 36.3 Å². The fourth-order valence-electron chi connectivity index (χ4n) is 1.94. The Morgan fingerprint density at radius 3 is 2.72 bits per heavy atom. The van der Waals surface area contributed by atoms with Crippen LogP contribution in [-0.2, 0) is 0 Å². The number of anilines is 1. The Bertz CT molecular complexity index is 819. The highest BCUT2D eigenvalue weighted by molar-refractivity contribution is 6.08. The molecular formula is C15H15F3N6O. The van der Waals surface area contributed by atoms with Crippen LogP contribution in [0.3, 0.4) is 0 Å². The number of alkyl halides is 3. The van der Waals surface area contributed by atoms with E-state index in [1.165, 1.54) is 18.5 Å². The van der Waals surface area contributed by atoms with Crippen molar-refractivity contribution in [3.63, 3.8) is 0 Å². The van der Waals surface area contributed by atoms with Gasteiger partial charge in [0.15, 0.2) is 0 Å². The Labute approximate surface area is 140 Å². The van der Waals surface area contributed by atoms with Crippen LogP contribution in [0.2, 0.25) is 0 Å². The summed E-state index contributed by atoms with van der Waals surface area (Å²) in [6.45, 7) is -0.529. The molecule has 0 saturated heterocycles. The van der Waals surface area contributed by atoms with Gasteiger partial charge in [-0.2, -0.15) is 13.2 Å². The molecule has 0 aliphatic rings. The SMILES string of the molecule is N=CC(=CN)c1cnc2ccc(NC(=O)NCCC(F)(F)F)nc2c1. The van der Waals surface area contributed by atoms with Gasteiger partial charge in [-0.1, -0.05) is 0 Å². The monoisotopic (exact) mass is 352 g/mol. The van der Waals surface area contributed by atoms with Crippen molar-refractivity contribution in [3.05, 3.63) is 36.2 Å². The van der Waals surface area contributed by atoms with Gasteiger partial charge in [0.05, 0.1) is 17.5 Å². The van der Waals surface area contributed by atoms with Crippen molar-refractivity contribution >= 4 is 34.7 Å². The lowest BCUT2D eigenvalue weighted by atomic mass is 10.1. The molecule has 2 aromatic rings. The minimum Gasteiger partial charge on any atom is -0.404 e. The van der Waals surface area contributed by atoms with Gasteiger partial charge >= 0.3 is 12.2 Å². The highest BCUT2D eigenvalue weighted by atomic mass is 19.4. The number of aromatic nitrogens is 2. The summed E-state index contributed by atoms with van der Waals surface area (Å²) in [4.78, 5) is 20.0. The Kier molecular flexibility index (Phi) is 5.52. The summed E-state index contributed by atoms with van der Waals surface area (Å²) in [6.07, 6.45) is -1.59. The molecule has 2 amide bonds. The molecule has 2 aromatic heterocycles. The van der Waals surface area contributed by atoms with E-state index in [2.05, 4.69) is 20.6 Å². The second-order valence-corrected chi connectivity index (χ2v) is 4.97. The Hall–Kier alpha value is -3.17. The first kappa shape index (κ1) is 18.2. The van der Waals surface area contributed by atoms with E-state index in [0.717, 1.165) is 6.21 Å². The third kappa shape index (κ3) is 5.16. The lowest BCUT2D eigenvalue weighted by molar-refractivity contribution is -0.132. The van der Waals surface area contributed by atoms with E-state index >= 15 is 0 Å². The predicted octanol–water partition coefficient (Wildman–Crippen LogP) is 2.65. The van der Waals surface area contributed by atoms with Gasteiger partial charge in [0.1, 0.15) is 5.82 Å². The third-order valence-corrected chi connectivity index (χ3v) is 3.14. The first-order valence-electron chi connectivity index (χ1n) is 7.13. The summed E-state index contributed by atoms with van der Waals surface area (Å²) in [5.41, 5.74) is 7.43. The van der Waals surface area contributed by atoms with Crippen molar-refractivity contribution in [3.8, 4) is 0 Å². The molecule has 0 atom stereocenters. The number of nitrogens with zero attached hydrogens (tertiary/aromatic N) is 2. The summed E-state index contributed by atoms with van der Waals surface area (Å²) < 4.78 is 36.1. The number of allylic oxidation sites excluding steroid dienone is 1. The molecule has 132 valence electrons. The third-order valence-electron chi connectivity index (χ3n) is 3.14. The van der Waals surface area contributed by atoms with Crippen molar-refractivity contribution in [2.45, 2.75) is 12.6 Å². The highest BCUT2D eigenvalue weighted by Gasteiger charge is 2.26. The first-order valence-corrected chi connectivity index (χ1v) is 7.13. The number of halogens is 3. The van der Waals surface area contributed by atoms with Gasteiger partial charge in [-0.3, -0.25) is 10.3 Å². The molecule has 25 heavy (non-hydrogen) atoms. The number of urea groups is 1. The highest BCUT2D eigenvalue weighted by Crippen LogP contribution is 2.19. The van der Waals surface area contributed by atoms with Crippen LogP contribution in [0, 0.1) is 5.41 Å². The van der Waals surface area contributed by atoms with E-state index in [1.54, 1.807) is 12.1 Å². The topological polar surface area (TPSA) is 117 Å². The zero-order chi connectivity index (χ0) is 18.4. The summed E-state index contributed by atoms with van der Waals surface area (Å²) in [7, 11) is 0. The number of carbonyl (C=O) groups excluding carboxylic acids is 1. The Balaban J connectivity index is 2.11. The lowest BCUT2D eigenvalue weighted by Gasteiger charge is -2.09. The smallest absolute Gasteiger partial charge is 0.390 e. The minimum atomic E-state index is -4.33. The zero-order valence-electron chi connectivity index (χ0n) is 12.9. The quantitative estimate of drug-likeness (QED) is 0.619. The number of fused-ring (bicyclic) bond motifs is 1. The molecule has 2 heterocycles. The number of rotatable bonds is 5. The molecule has 0 bridgehead atoms. The van der Waals surface area contributed by atoms with Crippen molar-refractivity contribution < 1.29 is 18.0 Å². The predicted molar refractivity (Wildman–Crippen MR) is 88.2 cm³/mol. The van der Waals surface area contributed by atoms with Crippen LogP contribution in [-0.4, -0.2) is 34.9 Å². The number of hydrogen-bond donors (Lipinski definition) is 4. The van der Waals surface area contributed by atoms with E-state index in [0.29, 0.717) is 22.2 Å². The second-order valence-electron chi connectivity index (χ2n) is 4.97. The van der Waals surface area contributed by atoms with E-state index < -0.39 is 25.2 Å². The second kappa shape index (κ2) is 7.60. The van der Waals surface area contributed by atoms with Gasteiger partial charge in [-0.05, 0) is 18.2 Å². The van der Waals surface area contributed by atoms with Gasteiger partial charge in [-0.25, -0.2) is 9.78 Å². The van der Waals surface area contributed by atoms with Gasteiger partial charge < -0.3 is 16.5 Å². The molecule has 0 aliphatic carbocycles. The van der Waals surface area contributed by atoms with Crippen LogP contribution in [0.5, 0.6) is 0 Å². The molecule has 0 spiro atoms. The zero-order valence-corrected chi connectivity index (χ0v) is 12.9. The van der Waals surface area contributed by atoms with E-state index in [-0.39, 0.29) is 5.82 Å². The molecular weight excluding hydrogens is 337 g/mol. The van der Waals surface area contributed by atoms with E-state index in [9.17, 15) is 18.0 Å². The van der Waals surface area contributed by atoms with Crippen molar-refractivity contribution in [1.29, 1.82) is 5.41 Å². The molecule has 0 fully saturated rings. The average molecular weight is 352 g/mol. The molecule has 0 saturated carbocycles. The molecule has 2 rings (SSSR count). The van der Waals surface area contributed by atoms with Crippen LogP contribution in [0.25, 0.3) is 16.6 Å². The Morgan fingerprint density at radius 1 is 1.32 bits per heavy atom. The maximum Gasteiger partial charge on any atom is 0.390 e. The summed E-state index contributed by atoms with van der Waals surface area (Å²) >= 11 is 0. The molecule has 10 heteroatoms. The maximum atomic E-state index is 12.0. The van der Waals surface area contributed by atoms with E-state index in [4.69, 9.17) is 11.1 Å². The maximum absolute atomic E-state index is 12.0. The number of amides is 2. The number of nitrogens with two attached hydrogens (primary N) is 1. The Morgan fingerprint density at radius 2 is 2.08 bits per heavy atom. The van der Waals surface area contributed by atoms with Crippen molar-refractivity contribution in [2.24, 2.45) is 5.73 Å². The number of nitrogens with one attached hydrogen (secondary N) is 3. The summed E-state index contributed by atoms with van der Waals surface area (Å²) in [5, 5.41) is 11.7. The van der Waals surface area contributed by atoms with Crippen LogP contribution < -0.4 is 16.4 Å².